The van der Waals surface area contributed by atoms with Crippen molar-refractivity contribution in [2.75, 3.05) is 11.3 Å². The highest BCUT2D eigenvalue weighted by Gasteiger charge is 2.31. The highest BCUT2D eigenvalue weighted by Crippen LogP contribution is 2.27. The van der Waals surface area contributed by atoms with Crippen molar-refractivity contribution in [3.05, 3.63) is 48.3 Å². The molecule has 0 amide bonds. The molecule has 0 heterocycles. The molecule has 0 aliphatic heterocycles. The summed E-state index contributed by atoms with van der Waals surface area (Å²) in [5.74, 6) is -2.94. The van der Waals surface area contributed by atoms with Gasteiger partial charge in [0.2, 0.25) is 0 Å². The van der Waals surface area contributed by atoms with Crippen molar-refractivity contribution in [2.45, 2.75) is 24.1 Å². The third-order valence-corrected chi connectivity index (χ3v) is 4.70. The van der Waals surface area contributed by atoms with Crippen LogP contribution in [0.3, 0.4) is 0 Å². The molecule has 2 aromatic rings. The molecular formula is C17H15F4NO6S. The number of ether oxygens (including phenoxy) is 2. The first-order chi connectivity index (χ1) is 13.5. The number of rotatable bonds is 9. The van der Waals surface area contributed by atoms with E-state index in [2.05, 4.69) is 4.74 Å². The fourth-order valence-electron chi connectivity index (χ4n) is 2.14. The van der Waals surface area contributed by atoms with Crippen molar-refractivity contribution in [2.24, 2.45) is 0 Å². The van der Waals surface area contributed by atoms with E-state index < -0.39 is 38.8 Å². The van der Waals surface area contributed by atoms with Gasteiger partial charge in [-0.25, -0.2) is 12.8 Å². The Balaban J connectivity index is 2.10. The van der Waals surface area contributed by atoms with Gasteiger partial charge in [-0.1, -0.05) is 6.07 Å². The molecule has 158 valence electrons. The number of benzene rings is 2. The summed E-state index contributed by atoms with van der Waals surface area (Å²) in [4.78, 5) is 9.91. The van der Waals surface area contributed by atoms with E-state index in [4.69, 9.17) is 9.84 Å². The van der Waals surface area contributed by atoms with E-state index in [-0.39, 0.29) is 30.9 Å². The minimum absolute atomic E-state index is 0.0838. The number of carboxylic acid groups (broad SMARTS) is 1. The average molecular weight is 437 g/mol. The molecule has 0 bridgehead atoms. The Morgan fingerprint density at radius 3 is 2.48 bits per heavy atom. The van der Waals surface area contributed by atoms with E-state index in [9.17, 15) is 30.8 Å². The number of aliphatic carboxylic acids is 1. The summed E-state index contributed by atoms with van der Waals surface area (Å²) < 4.78 is 86.4. The van der Waals surface area contributed by atoms with E-state index in [0.29, 0.717) is 6.07 Å². The Kier molecular flexibility index (Phi) is 6.90. The molecule has 0 unspecified atom stereocenters. The zero-order chi connectivity index (χ0) is 21.7. The maximum Gasteiger partial charge on any atom is 0.573 e. The van der Waals surface area contributed by atoms with Gasteiger partial charge in [-0.2, -0.15) is 0 Å². The normalized spacial score (nSPS) is 11.7. The monoisotopic (exact) mass is 437 g/mol. The van der Waals surface area contributed by atoms with Gasteiger partial charge in [-0.3, -0.25) is 9.52 Å². The molecule has 0 saturated heterocycles. The minimum Gasteiger partial charge on any atom is -0.491 e. The van der Waals surface area contributed by atoms with Gasteiger partial charge < -0.3 is 14.6 Å². The first-order valence-electron chi connectivity index (χ1n) is 7.99. The van der Waals surface area contributed by atoms with Crippen molar-refractivity contribution < 1.29 is 45.4 Å². The van der Waals surface area contributed by atoms with Crippen LogP contribution < -0.4 is 14.2 Å². The van der Waals surface area contributed by atoms with Crippen molar-refractivity contribution in [3.63, 3.8) is 0 Å². The quantitative estimate of drug-likeness (QED) is 0.458. The van der Waals surface area contributed by atoms with Gasteiger partial charge in [0.15, 0.2) is 11.6 Å². The van der Waals surface area contributed by atoms with Gasteiger partial charge in [0, 0.05) is 12.5 Å². The minimum atomic E-state index is -4.94. The number of nitrogens with one attached hydrogen (secondary N) is 1. The largest absolute Gasteiger partial charge is 0.573 e. The molecule has 0 atom stereocenters. The maximum atomic E-state index is 14.1. The van der Waals surface area contributed by atoms with E-state index in [0.717, 1.165) is 30.3 Å². The van der Waals surface area contributed by atoms with E-state index in [1.54, 1.807) is 0 Å². The second-order valence-electron chi connectivity index (χ2n) is 5.62. The zero-order valence-corrected chi connectivity index (χ0v) is 15.4. The van der Waals surface area contributed by atoms with Gasteiger partial charge in [0.25, 0.3) is 10.0 Å². The molecule has 7 nitrogen and oxygen atoms in total. The lowest BCUT2D eigenvalue weighted by atomic mass is 10.3. The molecule has 0 aromatic heterocycles. The Morgan fingerprint density at radius 1 is 1.14 bits per heavy atom. The summed E-state index contributed by atoms with van der Waals surface area (Å²) in [5, 5.41) is 8.52. The molecule has 0 spiro atoms. The highest BCUT2D eigenvalue weighted by atomic mass is 32.2. The van der Waals surface area contributed by atoms with Crippen LogP contribution >= 0.6 is 0 Å². The van der Waals surface area contributed by atoms with Crippen LogP contribution in [0.1, 0.15) is 12.8 Å². The van der Waals surface area contributed by atoms with Gasteiger partial charge >= 0.3 is 12.3 Å². The fourth-order valence-corrected chi connectivity index (χ4v) is 3.20. The molecule has 0 aliphatic rings. The Labute approximate surface area is 162 Å². The third-order valence-electron chi connectivity index (χ3n) is 3.33. The van der Waals surface area contributed by atoms with Crippen LogP contribution in [0.25, 0.3) is 0 Å². The van der Waals surface area contributed by atoms with E-state index in [1.165, 1.54) is 6.07 Å². The number of hydrogen-bond donors (Lipinski definition) is 2. The summed E-state index contributed by atoms with van der Waals surface area (Å²) in [6.45, 7) is -0.0838. The van der Waals surface area contributed by atoms with Crippen LogP contribution in [-0.4, -0.2) is 32.5 Å². The SMILES string of the molecule is O=C(O)CCCOc1ccc(S(=O)(=O)Nc2cccc(OC(F)(F)F)c2)cc1F. The third kappa shape index (κ3) is 7.14. The van der Waals surface area contributed by atoms with Gasteiger partial charge in [-0.05, 0) is 36.8 Å². The number of carbonyl (C=O) groups is 1. The van der Waals surface area contributed by atoms with E-state index >= 15 is 0 Å². The summed E-state index contributed by atoms with van der Waals surface area (Å²) >= 11 is 0. The topological polar surface area (TPSA) is 102 Å². The predicted octanol–water partition coefficient (Wildman–Crippen LogP) is 3.77. The lowest BCUT2D eigenvalue weighted by Crippen LogP contribution is -2.17. The summed E-state index contributed by atoms with van der Waals surface area (Å²) in [6, 6.07) is 6.90. The molecule has 0 fully saturated rings. The van der Waals surface area contributed by atoms with Crippen molar-refractivity contribution >= 4 is 21.7 Å². The van der Waals surface area contributed by atoms with Crippen LogP contribution in [-0.2, 0) is 14.8 Å². The maximum absolute atomic E-state index is 14.1. The number of anilines is 1. The Hall–Kier alpha value is -3.02. The van der Waals surface area contributed by atoms with Crippen LogP contribution in [0, 0.1) is 5.82 Å². The number of alkyl halides is 3. The molecule has 0 radical (unpaired) electrons. The smallest absolute Gasteiger partial charge is 0.491 e. The molecule has 2 rings (SSSR count). The lowest BCUT2D eigenvalue weighted by Gasteiger charge is -2.12. The number of hydrogen-bond acceptors (Lipinski definition) is 5. The van der Waals surface area contributed by atoms with Gasteiger partial charge in [-0.15, -0.1) is 13.2 Å². The number of halogens is 4. The predicted molar refractivity (Wildman–Crippen MR) is 92.7 cm³/mol. The molecule has 0 aliphatic carbocycles. The second-order valence-corrected chi connectivity index (χ2v) is 7.30. The van der Waals surface area contributed by atoms with Gasteiger partial charge in [0.1, 0.15) is 5.75 Å². The van der Waals surface area contributed by atoms with Crippen molar-refractivity contribution in [1.29, 1.82) is 0 Å². The molecule has 0 saturated carbocycles. The summed E-state index contributed by atoms with van der Waals surface area (Å²) in [5.41, 5.74) is -0.221. The van der Waals surface area contributed by atoms with Crippen molar-refractivity contribution in [3.8, 4) is 11.5 Å². The molecule has 12 heteroatoms. The van der Waals surface area contributed by atoms with Crippen LogP contribution in [0.2, 0.25) is 0 Å². The fraction of sp³-hybridized carbons (Fsp3) is 0.235. The Bertz CT molecular complexity index is 978. The first-order valence-corrected chi connectivity index (χ1v) is 9.47. The highest BCUT2D eigenvalue weighted by molar-refractivity contribution is 7.92. The van der Waals surface area contributed by atoms with Crippen LogP contribution in [0.5, 0.6) is 11.5 Å². The molecule has 29 heavy (non-hydrogen) atoms. The van der Waals surface area contributed by atoms with Crippen molar-refractivity contribution in [1.82, 2.24) is 0 Å². The Morgan fingerprint density at radius 2 is 1.86 bits per heavy atom. The molecule has 2 aromatic carbocycles. The second kappa shape index (κ2) is 8.99. The summed E-state index contributed by atoms with van der Waals surface area (Å²) in [7, 11) is -4.31. The number of carboxylic acids is 1. The first kappa shape index (κ1) is 22.3. The van der Waals surface area contributed by atoms with Crippen LogP contribution in [0.4, 0.5) is 23.2 Å². The number of sulfonamides is 1. The van der Waals surface area contributed by atoms with E-state index in [1.807, 2.05) is 4.72 Å². The average Bonchev–Trinajstić information content (AvgIpc) is 2.58. The lowest BCUT2D eigenvalue weighted by molar-refractivity contribution is -0.274. The summed E-state index contributed by atoms with van der Waals surface area (Å²) in [6.07, 6.45) is -4.98. The molecule has 2 N–H and O–H groups in total. The molecular weight excluding hydrogens is 422 g/mol. The standard InChI is InChI=1S/C17H15F4NO6S/c18-14-10-13(6-7-15(14)27-8-2-5-16(23)24)29(25,26)22-11-3-1-4-12(9-11)28-17(19,20)21/h1,3-4,6-7,9-10,22H,2,5,8H2,(H,23,24). The van der Waals surface area contributed by atoms with Crippen LogP contribution in [0.15, 0.2) is 47.4 Å². The zero-order valence-electron chi connectivity index (χ0n) is 14.6. The van der Waals surface area contributed by atoms with Gasteiger partial charge in [0.05, 0.1) is 17.2 Å².